The zero-order valence-corrected chi connectivity index (χ0v) is 15.3. The summed E-state index contributed by atoms with van der Waals surface area (Å²) >= 11 is 0. The van der Waals surface area contributed by atoms with Crippen LogP contribution >= 0.6 is 0 Å². The molecule has 0 fully saturated rings. The maximum Gasteiger partial charge on any atom is 0.279 e. The lowest BCUT2D eigenvalue weighted by Gasteiger charge is -2.24. The van der Waals surface area contributed by atoms with E-state index in [1.165, 1.54) is 18.2 Å². The van der Waals surface area contributed by atoms with Gasteiger partial charge in [-0.2, -0.15) is 0 Å². The van der Waals surface area contributed by atoms with Gasteiger partial charge < -0.3 is 10.2 Å². The first-order chi connectivity index (χ1) is 14.3. The Kier molecular flexibility index (Phi) is 5.59. The number of carbonyl (C=O) groups excluding carboxylic acids is 1. The van der Waals surface area contributed by atoms with Crippen LogP contribution in [-0.4, -0.2) is 26.0 Å². The second-order valence-corrected chi connectivity index (χ2v) is 6.24. The molecular weight excluding hydrogens is 394 g/mol. The molecule has 0 heterocycles. The fourth-order valence-electron chi connectivity index (χ4n) is 2.91. The smallest absolute Gasteiger partial charge is 0.279 e. The van der Waals surface area contributed by atoms with Crippen molar-refractivity contribution in [3.05, 3.63) is 92.5 Å². The predicted molar refractivity (Wildman–Crippen MR) is 107 cm³/mol. The van der Waals surface area contributed by atoms with E-state index in [1.54, 1.807) is 30.3 Å². The fourth-order valence-corrected chi connectivity index (χ4v) is 2.91. The molecule has 2 N–H and O–H groups in total. The van der Waals surface area contributed by atoms with E-state index in [4.69, 9.17) is 0 Å². The molecule has 0 saturated heterocycles. The Hall–Kier alpha value is -4.47. The van der Waals surface area contributed by atoms with Crippen LogP contribution in [0.15, 0.2) is 66.7 Å². The van der Waals surface area contributed by atoms with Gasteiger partial charge in [0, 0.05) is 23.4 Å². The van der Waals surface area contributed by atoms with Gasteiger partial charge >= 0.3 is 0 Å². The third-order valence-electron chi connectivity index (χ3n) is 4.28. The van der Waals surface area contributed by atoms with Crippen molar-refractivity contribution < 1.29 is 24.9 Å². The minimum atomic E-state index is -0.797. The summed E-state index contributed by atoms with van der Waals surface area (Å²) in [4.78, 5) is 35.0. The van der Waals surface area contributed by atoms with Gasteiger partial charge in [-0.1, -0.05) is 18.2 Å². The summed E-state index contributed by atoms with van der Waals surface area (Å²) in [7, 11) is 0. The molecule has 0 bridgehead atoms. The number of nitro groups is 2. The molecule has 3 rings (SSSR count). The molecule has 3 aromatic carbocycles. The Morgan fingerprint density at radius 2 is 1.60 bits per heavy atom. The molecule has 10 heteroatoms. The second-order valence-electron chi connectivity index (χ2n) is 6.24. The zero-order chi connectivity index (χ0) is 21.8. The number of nitrogens with zero attached hydrogens (tertiary/aromatic N) is 3. The molecule has 1 amide bonds. The molecule has 0 aliphatic heterocycles. The number of non-ortho nitro benzene ring substituents is 1. The van der Waals surface area contributed by atoms with Crippen LogP contribution in [0, 0.1) is 20.2 Å². The van der Waals surface area contributed by atoms with Crippen molar-refractivity contribution in [2.24, 2.45) is 0 Å². The van der Waals surface area contributed by atoms with Gasteiger partial charge in [0.15, 0.2) is 0 Å². The van der Waals surface area contributed by atoms with Crippen LogP contribution in [-0.2, 0) is 11.2 Å². The third kappa shape index (κ3) is 4.17. The van der Waals surface area contributed by atoms with E-state index < -0.39 is 33.5 Å². The number of phenolic OH excluding ortho intramolecular Hbond substituents is 2. The van der Waals surface area contributed by atoms with Crippen molar-refractivity contribution in [3.63, 3.8) is 0 Å². The molecule has 0 atom stereocenters. The number of benzene rings is 3. The predicted octanol–water partition coefficient (Wildman–Crippen LogP) is 3.82. The molecule has 10 nitrogen and oxygen atoms in total. The number of hydrogen-bond acceptors (Lipinski definition) is 7. The number of anilines is 2. The van der Waals surface area contributed by atoms with Crippen LogP contribution in [0.4, 0.5) is 22.7 Å². The minimum absolute atomic E-state index is 0.0178. The number of aromatic hydroxyl groups is 2. The summed E-state index contributed by atoms with van der Waals surface area (Å²) in [5.41, 5.74) is -0.728. The van der Waals surface area contributed by atoms with E-state index in [2.05, 4.69) is 0 Å². The van der Waals surface area contributed by atoms with Crippen LogP contribution in [0.1, 0.15) is 5.56 Å². The molecule has 30 heavy (non-hydrogen) atoms. The van der Waals surface area contributed by atoms with Crippen molar-refractivity contribution in [1.82, 2.24) is 0 Å². The topological polar surface area (TPSA) is 147 Å². The molecular formula is C20H15N3O7. The lowest BCUT2D eigenvalue weighted by molar-refractivity contribution is -0.394. The van der Waals surface area contributed by atoms with E-state index in [9.17, 15) is 35.2 Å². The highest BCUT2D eigenvalue weighted by Crippen LogP contribution is 2.36. The molecule has 0 aliphatic rings. The SMILES string of the molecule is O=C(Cc1ccc([N+](=O)[O-])cc1[N+](=O)[O-])N(c1ccccc1)c1cc(O)ccc1O. The van der Waals surface area contributed by atoms with Crippen LogP contribution in [0.3, 0.4) is 0 Å². The van der Waals surface area contributed by atoms with Crippen molar-refractivity contribution in [1.29, 1.82) is 0 Å². The summed E-state index contributed by atoms with van der Waals surface area (Å²) in [6, 6.07) is 14.9. The molecule has 0 unspecified atom stereocenters. The van der Waals surface area contributed by atoms with Crippen LogP contribution < -0.4 is 4.90 Å². The van der Waals surface area contributed by atoms with Crippen LogP contribution in [0.5, 0.6) is 11.5 Å². The number of hydrogen-bond donors (Lipinski definition) is 2. The number of para-hydroxylation sites is 1. The van der Waals surface area contributed by atoms with Gasteiger partial charge in [-0.25, -0.2) is 0 Å². The molecule has 0 aromatic heterocycles. The number of carbonyl (C=O) groups is 1. The average Bonchev–Trinajstić information content (AvgIpc) is 2.71. The highest BCUT2D eigenvalue weighted by Gasteiger charge is 2.26. The number of amides is 1. The van der Waals surface area contributed by atoms with Crippen LogP contribution in [0.2, 0.25) is 0 Å². The third-order valence-corrected chi connectivity index (χ3v) is 4.28. The van der Waals surface area contributed by atoms with E-state index >= 15 is 0 Å². The van der Waals surface area contributed by atoms with E-state index in [0.717, 1.165) is 23.1 Å². The first-order valence-corrected chi connectivity index (χ1v) is 8.59. The summed E-state index contributed by atoms with van der Waals surface area (Å²) in [6.07, 6.45) is -0.474. The Morgan fingerprint density at radius 1 is 0.900 bits per heavy atom. The Labute approximate surface area is 169 Å². The summed E-state index contributed by atoms with van der Waals surface area (Å²) in [6.45, 7) is 0. The molecule has 0 saturated carbocycles. The summed E-state index contributed by atoms with van der Waals surface area (Å²) in [5, 5.41) is 42.3. The van der Waals surface area contributed by atoms with Crippen molar-refractivity contribution in [2.75, 3.05) is 4.90 Å². The number of nitro benzene ring substituents is 2. The molecule has 0 aliphatic carbocycles. The van der Waals surface area contributed by atoms with Crippen molar-refractivity contribution in [2.45, 2.75) is 6.42 Å². The number of rotatable bonds is 6. The van der Waals surface area contributed by atoms with E-state index in [1.807, 2.05) is 0 Å². The molecule has 3 aromatic rings. The Bertz CT molecular complexity index is 1130. The monoisotopic (exact) mass is 409 g/mol. The fraction of sp³-hybridized carbons (Fsp3) is 0.0500. The van der Waals surface area contributed by atoms with E-state index in [0.29, 0.717) is 5.69 Å². The van der Waals surface area contributed by atoms with Gasteiger partial charge in [-0.15, -0.1) is 0 Å². The summed E-state index contributed by atoms with van der Waals surface area (Å²) in [5.74, 6) is -1.14. The molecule has 152 valence electrons. The first kappa shape index (κ1) is 20.3. The van der Waals surface area contributed by atoms with Gasteiger partial charge in [0.05, 0.1) is 28.0 Å². The molecule has 0 radical (unpaired) electrons. The highest BCUT2D eigenvalue weighted by molar-refractivity contribution is 6.03. The van der Waals surface area contributed by atoms with Crippen LogP contribution in [0.25, 0.3) is 0 Å². The Morgan fingerprint density at radius 3 is 2.23 bits per heavy atom. The van der Waals surface area contributed by atoms with Gasteiger partial charge in [-0.3, -0.25) is 29.9 Å². The quantitative estimate of drug-likeness (QED) is 0.357. The zero-order valence-electron chi connectivity index (χ0n) is 15.3. The lowest BCUT2D eigenvalue weighted by atomic mass is 10.1. The highest BCUT2D eigenvalue weighted by atomic mass is 16.6. The Balaban J connectivity index is 2.06. The van der Waals surface area contributed by atoms with Crippen molar-refractivity contribution in [3.8, 4) is 11.5 Å². The average molecular weight is 409 g/mol. The second kappa shape index (κ2) is 8.27. The maximum atomic E-state index is 13.1. The molecule has 0 spiro atoms. The van der Waals surface area contributed by atoms with Gasteiger partial charge in [0.2, 0.25) is 5.91 Å². The van der Waals surface area contributed by atoms with Gasteiger partial charge in [-0.05, 0) is 30.3 Å². The van der Waals surface area contributed by atoms with E-state index in [-0.39, 0.29) is 22.7 Å². The maximum absolute atomic E-state index is 13.1. The van der Waals surface area contributed by atoms with Crippen molar-refractivity contribution >= 4 is 28.7 Å². The largest absolute Gasteiger partial charge is 0.508 e. The minimum Gasteiger partial charge on any atom is -0.508 e. The standard InChI is InChI=1S/C20H15N3O7/c24-16-8-9-19(25)18(12-16)21(14-4-2-1-3-5-14)20(26)10-13-6-7-15(22(27)28)11-17(13)23(29)30/h1-9,11-12,24-25H,10H2. The number of phenols is 2. The van der Waals surface area contributed by atoms with Gasteiger partial charge in [0.25, 0.3) is 11.4 Å². The summed E-state index contributed by atoms with van der Waals surface area (Å²) < 4.78 is 0. The van der Waals surface area contributed by atoms with Gasteiger partial charge in [0.1, 0.15) is 11.5 Å². The normalized spacial score (nSPS) is 10.4. The first-order valence-electron chi connectivity index (χ1n) is 8.59. The lowest BCUT2D eigenvalue weighted by Crippen LogP contribution is -2.28.